The van der Waals surface area contributed by atoms with Crippen LogP contribution in [-0.4, -0.2) is 18.9 Å². The molecule has 3 heteroatoms. The molecule has 0 bridgehead atoms. The summed E-state index contributed by atoms with van der Waals surface area (Å²) in [6.07, 6.45) is 8.56. The Morgan fingerprint density at radius 3 is 3.06 bits per heavy atom. The topological polar surface area (TPSA) is 35.5 Å². The van der Waals surface area contributed by atoms with Crippen molar-refractivity contribution < 1.29 is 14.3 Å². The van der Waals surface area contributed by atoms with Crippen LogP contribution in [0.25, 0.3) is 0 Å². The molecule has 0 saturated heterocycles. The average molecular weight is 222 g/mol. The Hall–Kier alpha value is -1.09. The van der Waals surface area contributed by atoms with Gasteiger partial charge in [-0.15, -0.1) is 0 Å². The highest BCUT2D eigenvalue weighted by atomic mass is 16.7. The maximum absolute atomic E-state index is 11.7. The largest absolute Gasteiger partial charge is 0.425 e. The van der Waals surface area contributed by atoms with E-state index in [9.17, 15) is 4.79 Å². The fourth-order valence-corrected chi connectivity index (χ4v) is 2.40. The molecule has 1 heterocycles. The van der Waals surface area contributed by atoms with Crippen LogP contribution in [0.15, 0.2) is 23.3 Å². The summed E-state index contributed by atoms with van der Waals surface area (Å²) in [7, 11) is 1.62. The quantitative estimate of drug-likeness (QED) is 0.686. The maximum Gasteiger partial charge on any atom is 0.341 e. The molecule has 0 aromatic carbocycles. The molecular weight excluding hydrogens is 204 g/mol. The van der Waals surface area contributed by atoms with Gasteiger partial charge in [0.05, 0.1) is 5.57 Å². The highest BCUT2D eigenvalue weighted by molar-refractivity contribution is 5.96. The van der Waals surface area contributed by atoms with Crippen molar-refractivity contribution in [1.82, 2.24) is 0 Å². The van der Waals surface area contributed by atoms with Gasteiger partial charge in [0.25, 0.3) is 0 Å². The number of allylic oxidation sites excluding steroid dienone is 1. The Kier molecular flexibility index (Phi) is 3.15. The third-order valence-electron chi connectivity index (χ3n) is 3.30. The van der Waals surface area contributed by atoms with Crippen LogP contribution in [0.4, 0.5) is 0 Å². The molecular formula is C13H18O3. The molecule has 0 radical (unpaired) electrons. The number of hydrogen-bond acceptors (Lipinski definition) is 3. The van der Waals surface area contributed by atoms with Crippen molar-refractivity contribution in [2.75, 3.05) is 7.11 Å². The molecule has 0 spiro atoms. The number of cyclic esters (lactones) is 1. The van der Waals surface area contributed by atoms with Crippen molar-refractivity contribution in [3.05, 3.63) is 23.3 Å². The Labute approximate surface area is 96.1 Å². The van der Waals surface area contributed by atoms with Crippen molar-refractivity contribution in [2.24, 2.45) is 0 Å². The number of unbranched alkanes of at least 4 members (excludes halogenated alkanes) is 1. The van der Waals surface area contributed by atoms with E-state index in [0.29, 0.717) is 5.57 Å². The molecule has 0 aromatic rings. The van der Waals surface area contributed by atoms with Gasteiger partial charge < -0.3 is 9.47 Å². The molecule has 0 N–H and O–H groups in total. The SMILES string of the molecule is CCCCC1(OC)OC(=O)C2=C1CCC=C2. The second-order valence-electron chi connectivity index (χ2n) is 4.28. The Balaban J connectivity index is 2.30. The summed E-state index contributed by atoms with van der Waals surface area (Å²) in [6, 6.07) is 0. The molecule has 1 aliphatic heterocycles. The van der Waals surface area contributed by atoms with Gasteiger partial charge in [0.1, 0.15) is 0 Å². The van der Waals surface area contributed by atoms with Crippen LogP contribution in [-0.2, 0) is 14.3 Å². The summed E-state index contributed by atoms with van der Waals surface area (Å²) in [5.41, 5.74) is 1.75. The van der Waals surface area contributed by atoms with E-state index in [1.54, 1.807) is 7.11 Å². The third kappa shape index (κ3) is 1.69. The number of methoxy groups -OCH3 is 1. The van der Waals surface area contributed by atoms with Crippen molar-refractivity contribution in [1.29, 1.82) is 0 Å². The Morgan fingerprint density at radius 1 is 1.56 bits per heavy atom. The smallest absolute Gasteiger partial charge is 0.341 e. The lowest BCUT2D eigenvalue weighted by Gasteiger charge is -2.29. The predicted octanol–water partition coefficient (Wildman–Crippen LogP) is 2.72. The van der Waals surface area contributed by atoms with Crippen LogP contribution < -0.4 is 0 Å². The van der Waals surface area contributed by atoms with Gasteiger partial charge in [0.15, 0.2) is 0 Å². The van der Waals surface area contributed by atoms with E-state index in [-0.39, 0.29) is 5.97 Å². The first-order valence-electron chi connectivity index (χ1n) is 5.92. The summed E-state index contributed by atoms with van der Waals surface area (Å²) >= 11 is 0. The minimum Gasteiger partial charge on any atom is -0.425 e. The van der Waals surface area contributed by atoms with E-state index in [2.05, 4.69) is 6.92 Å². The number of rotatable bonds is 4. The van der Waals surface area contributed by atoms with E-state index in [1.807, 2.05) is 12.2 Å². The van der Waals surface area contributed by atoms with E-state index in [4.69, 9.17) is 9.47 Å². The zero-order valence-corrected chi connectivity index (χ0v) is 9.91. The zero-order valence-electron chi connectivity index (χ0n) is 9.91. The second-order valence-corrected chi connectivity index (χ2v) is 4.28. The summed E-state index contributed by atoms with van der Waals surface area (Å²) in [4.78, 5) is 11.7. The lowest BCUT2D eigenvalue weighted by atomic mass is 9.90. The molecule has 1 atom stereocenters. The van der Waals surface area contributed by atoms with Gasteiger partial charge in [-0.05, 0) is 19.3 Å². The summed E-state index contributed by atoms with van der Waals surface area (Å²) < 4.78 is 11.0. The third-order valence-corrected chi connectivity index (χ3v) is 3.30. The monoisotopic (exact) mass is 222 g/mol. The van der Waals surface area contributed by atoms with Gasteiger partial charge in [0.2, 0.25) is 5.79 Å². The highest BCUT2D eigenvalue weighted by Gasteiger charge is 2.46. The molecule has 1 aliphatic carbocycles. The lowest BCUT2D eigenvalue weighted by Crippen LogP contribution is -2.34. The van der Waals surface area contributed by atoms with Crippen molar-refractivity contribution >= 4 is 5.97 Å². The number of ether oxygens (including phenoxy) is 2. The standard InChI is InChI=1S/C13H18O3/c1-3-4-9-13(15-2)11-8-6-5-7-10(11)12(14)16-13/h5,7H,3-4,6,8-9H2,1-2H3. The number of esters is 1. The first-order valence-corrected chi connectivity index (χ1v) is 5.92. The summed E-state index contributed by atoms with van der Waals surface area (Å²) in [5.74, 6) is -1.00. The molecule has 16 heavy (non-hydrogen) atoms. The van der Waals surface area contributed by atoms with E-state index < -0.39 is 5.79 Å². The molecule has 1 unspecified atom stereocenters. The second kappa shape index (κ2) is 4.42. The van der Waals surface area contributed by atoms with Crippen LogP contribution in [0.3, 0.4) is 0 Å². The summed E-state index contributed by atoms with van der Waals surface area (Å²) in [6.45, 7) is 2.12. The number of carbonyl (C=O) groups excluding carboxylic acids is 1. The zero-order chi connectivity index (χ0) is 11.6. The van der Waals surface area contributed by atoms with Crippen LogP contribution in [0.1, 0.15) is 39.0 Å². The first-order chi connectivity index (χ1) is 7.73. The molecule has 0 fully saturated rings. The van der Waals surface area contributed by atoms with Crippen molar-refractivity contribution in [2.45, 2.75) is 44.8 Å². The minimum atomic E-state index is -0.771. The van der Waals surface area contributed by atoms with Crippen LogP contribution in [0.5, 0.6) is 0 Å². The molecule has 2 aliphatic rings. The predicted molar refractivity (Wildman–Crippen MR) is 60.8 cm³/mol. The van der Waals surface area contributed by atoms with E-state index in [0.717, 1.165) is 37.7 Å². The van der Waals surface area contributed by atoms with Gasteiger partial charge in [-0.3, -0.25) is 0 Å². The molecule has 0 saturated carbocycles. The fourth-order valence-electron chi connectivity index (χ4n) is 2.40. The van der Waals surface area contributed by atoms with Crippen molar-refractivity contribution in [3.63, 3.8) is 0 Å². The van der Waals surface area contributed by atoms with E-state index >= 15 is 0 Å². The van der Waals surface area contributed by atoms with Gasteiger partial charge in [-0.1, -0.05) is 25.5 Å². The van der Waals surface area contributed by atoms with Crippen LogP contribution in [0, 0.1) is 0 Å². The van der Waals surface area contributed by atoms with E-state index in [1.165, 1.54) is 0 Å². The van der Waals surface area contributed by atoms with Gasteiger partial charge in [-0.25, -0.2) is 4.79 Å². The van der Waals surface area contributed by atoms with Crippen LogP contribution in [0.2, 0.25) is 0 Å². The fraction of sp³-hybridized carbons (Fsp3) is 0.615. The molecule has 88 valence electrons. The van der Waals surface area contributed by atoms with Gasteiger partial charge in [-0.2, -0.15) is 0 Å². The Morgan fingerprint density at radius 2 is 2.38 bits per heavy atom. The molecule has 3 nitrogen and oxygen atoms in total. The number of hydrogen-bond donors (Lipinski definition) is 0. The van der Waals surface area contributed by atoms with Crippen molar-refractivity contribution in [3.8, 4) is 0 Å². The lowest BCUT2D eigenvalue weighted by molar-refractivity contribution is -0.195. The maximum atomic E-state index is 11.7. The molecule has 2 rings (SSSR count). The molecule has 0 aromatic heterocycles. The average Bonchev–Trinajstić information content (AvgIpc) is 2.62. The Bertz CT molecular complexity index is 354. The number of carbonyl (C=O) groups is 1. The van der Waals surface area contributed by atoms with Gasteiger partial charge in [0, 0.05) is 19.1 Å². The highest BCUT2D eigenvalue weighted by Crippen LogP contribution is 2.42. The van der Waals surface area contributed by atoms with Crippen LogP contribution >= 0.6 is 0 Å². The molecule has 0 amide bonds. The minimum absolute atomic E-state index is 0.232. The van der Waals surface area contributed by atoms with Gasteiger partial charge >= 0.3 is 5.97 Å². The summed E-state index contributed by atoms with van der Waals surface area (Å²) in [5, 5.41) is 0. The normalized spacial score (nSPS) is 28.2. The first kappa shape index (κ1) is 11.4.